The molecule has 1 aliphatic carbocycles. The molecule has 0 aromatic carbocycles. The molecule has 3 rings (SSSR count). The minimum absolute atomic E-state index is 0.0797. The number of piperazine rings is 1. The van der Waals surface area contributed by atoms with Crippen LogP contribution >= 0.6 is 0 Å². The first-order valence-corrected chi connectivity index (χ1v) is 10.1. The van der Waals surface area contributed by atoms with Crippen LogP contribution in [0.25, 0.3) is 0 Å². The van der Waals surface area contributed by atoms with Gasteiger partial charge in [0.05, 0.1) is 6.61 Å². The van der Waals surface area contributed by atoms with Gasteiger partial charge < -0.3 is 19.3 Å². The number of nitrogens with zero attached hydrogens (tertiary/aromatic N) is 2. The van der Waals surface area contributed by atoms with E-state index in [1.807, 2.05) is 0 Å². The molecule has 0 spiro atoms. The lowest BCUT2D eigenvalue weighted by Crippen LogP contribution is -2.48. The molecule has 0 aromatic heterocycles. The first-order chi connectivity index (χ1) is 11.4. The van der Waals surface area contributed by atoms with Crippen molar-refractivity contribution < 1.29 is 9.47 Å². The molecule has 0 N–H and O–H groups in total. The molecule has 23 heavy (non-hydrogen) atoms. The molecule has 2 heterocycles. The number of hydrogen-bond donors (Lipinski definition) is 0. The normalized spacial score (nSPS) is 29.0. The fourth-order valence-electron chi connectivity index (χ4n) is 4.28. The fourth-order valence-corrected chi connectivity index (χ4v) is 4.28. The second kappa shape index (κ2) is 9.97. The summed E-state index contributed by atoms with van der Waals surface area (Å²) in [5.74, 6) is 0.985. The largest absolute Gasteiger partial charge is 0.353 e. The fraction of sp³-hybridized carbons (Fsp3) is 1.00. The van der Waals surface area contributed by atoms with Crippen LogP contribution in [0.5, 0.6) is 0 Å². The monoisotopic (exact) mass is 324 g/mol. The summed E-state index contributed by atoms with van der Waals surface area (Å²) in [4.78, 5) is 5.32. The van der Waals surface area contributed by atoms with Gasteiger partial charge in [-0.1, -0.05) is 19.3 Å². The lowest BCUT2D eigenvalue weighted by Gasteiger charge is -2.37. The number of ether oxygens (including phenoxy) is 2. The van der Waals surface area contributed by atoms with Crippen molar-refractivity contribution in [1.82, 2.24) is 9.80 Å². The Morgan fingerprint density at radius 2 is 1.57 bits per heavy atom. The first-order valence-electron chi connectivity index (χ1n) is 10.1. The van der Waals surface area contributed by atoms with Gasteiger partial charge in [0.2, 0.25) is 0 Å². The predicted octanol–water partition coefficient (Wildman–Crippen LogP) is 3.12. The number of hydrogen-bond acceptors (Lipinski definition) is 4. The van der Waals surface area contributed by atoms with E-state index < -0.39 is 0 Å². The molecule has 2 aliphatic heterocycles. The second-order valence-electron chi connectivity index (χ2n) is 7.67. The summed E-state index contributed by atoms with van der Waals surface area (Å²) in [7, 11) is 0. The van der Waals surface area contributed by atoms with Crippen molar-refractivity contribution in [3.05, 3.63) is 0 Å². The zero-order valence-electron chi connectivity index (χ0n) is 14.9. The molecule has 3 aliphatic rings. The van der Waals surface area contributed by atoms with E-state index in [1.165, 1.54) is 84.2 Å². The van der Waals surface area contributed by atoms with Gasteiger partial charge in [-0.2, -0.15) is 0 Å². The van der Waals surface area contributed by atoms with Gasteiger partial charge in [-0.25, -0.2) is 0 Å². The van der Waals surface area contributed by atoms with Crippen molar-refractivity contribution in [2.45, 2.75) is 64.1 Å². The van der Waals surface area contributed by atoms with E-state index in [4.69, 9.17) is 9.47 Å². The van der Waals surface area contributed by atoms with Gasteiger partial charge in [-0.15, -0.1) is 0 Å². The average molecular weight is 325 g/mol. The third-order valence-corrected chi connectivity index (χ3v) is 5.77. The highest BCUT2D eigenvalue weighted by atomic mass is 16.7. The van der Waals surface area contributed by atoms with E-state index in [1.54, 1.807) is 0 Å². The summed E-state index contributed by atoms with van der Waals surface area (Å²) < 4.78 is 11.5. The second-order valence-corrected chi connectivity index (χ2v) is 7.67. The zero-order valence-corrected chi connectivity index (χ0v) is 14.9. The van der Waals surface area contributed by atoms with Crippen molar-refractivity contribution in [2.75, 3.05) is 52.5 Å². The lowest BCUT2D eigenvalue weighted by atomic mass is 9.89. The van der Waals surface area contributed by atoms with Crippen molar-refractivity contribution in [1.29, 1.82) is 0 Å². The van der Waals surface area contributed by atoms with Crippen molar-refractivity contribution in [3.63, 3.8) is 0 Å². The minimum Gasteiger partial charge on any atom is -0.353 e. The summed E-state index contributed by atoms with van der Waals surface area (Å²) in [6.45, 7) is 9.30. The molecule has 0 radical (unpaired) electrons. The standard InChI is InChI=1S/C19H36N2O2/c1-2-7-18(8-3-1)17-21-13-11-20(12-14-21)10-6-16-23-19-9-4-5-15-22-19/h18-19H,1-17H2/t19-/m0/s1. The lowest BCUT2D eigenvalue weighted by molar-refractivity contribution is -0.163. The maximum absolute atomic E-state index is 5.84. The molecule has 4 nitrogen and oxygen atoms in total. The molecule has 4 heteroatoms. The van der Waals surface area contributed by atoms with Crippen molar-refractivity contribution in [3.8, 4) is 0 Å². The van der Waals surface area contributed by atoms with E-state index in [2.05, 4.69) is 9.80 Å². The Kier molecular flexibility index (Phi) is 7.66. The van der Waals surface area contributed by atoms with Crippen LogP contribution in [0, 0.1) is 5.92 Å². The van der Waals surface area contributed by atoms with Gasteiger partial charge in [-0.3, -0.25) is 0 Å². The highest BCUT2D eigenvalue weighted by Crippen LogP contribution is 2.24. The topological polar surface area (TPSA) is 24.9 Å². The Morgan fingerprint density at radius 1 is 0.826 bits per heavy atom. The molecule has 1 saturated carbocycles. The molecular formula is C19H36N2O2. The van der Waals surface area contributed by atoms with Crippen LogP contribution in [0.4, 0.5) is 0 Å². The molecule has 1 atom stereocenters. The molecule has 0 bridgehead atoms. The Hall–Kier alpha value is -0.160. The van der Waals surface area contributed by atoms with Crippen LogP contribution < -0.4 is 0 Å². The van der Waals surface area contributed by atoms with Crippen LogP contribution in [-0.4, -0.2) is 68.6 Å². The summed E-state index contributed by atoms with van der Waals surface area (Å²) in [6, 6.07) is 0. The van der Waals surface area contributed by atoms with Gasteiger partial charge in [0.1, 0.15) is 0 Å². The average Bonchev–Trinajstić information content (AvgIpc) is 2.62. The van der Waals surface area contributed by atoms with Gasteiger partial charge >= 0.3 is 0 Å². The van der Waals surface area contributed by atoms with E-state index >= 15 is 0 Å². The van der Waals surface area contributed by atoms with E-state index in [9.17, 15) is 0 Å². The van der Waals surface area contributed by atoms with Crippen molar-refractivity contribution in [2.24, 2.45) is 5.92 Å². The maximum atomic E-state index is 5.84. The molecule has 2 saturated heterocycles. The van der Waals surface area contributed by atoms with Gasteiger partial charge in [-0.05, 0) is 44.4 Å². The van der Waals surface area contributed by atoms with Crippen LogP contribution in [-0.2, 0) is 9.47 Å². The highest BCUT2D eigenvalue weighted by molar-refractivity contribution is 4.76. The van der Waals surface area contributed by atoms with E-state index in [-0.39, 0.29) is 6.29 Å². The third kappa shape index (κ3) is 6.33. The molecule has 0 amide bonds. The first kappa shape index (κ1) is 17.7. The maximum Gasteiger partial charge on any atom is 0.157 e. The smallest absolute Gasteiger partial charge is 0.157 e. The Bertz CT molecular complexity index is 304. The van der Waals surface area contributed by atoms with Gasteiger partial charge in [0.15, 0.2) is 6.29 Å². The van der Waals surface area contributed by atoms with E-state index in [0.29, 0.717) is 0 Å². The molecule has 0 unspecified atom stereocenters. The zero-order chi connectivity index (χ0) is 15.7. The SMILES string of the molecule is C1CCC(CN2CCN(CCCO[C@H]3CCCCO3)CC2)CC1. The minimum atomic E-state index is 0.0797. The predicted molar refractivity (Wildman–Crippen MR) is 93.6 cm³/mol. The van der Waals surface area contributed by atoms with Crippen LogP contribution in [0.15, 0.2) is 0 Å². The third-order valence-electron chi connectivity index (χ3n) is 5.77. The molecule has 0 aromatic rings. The Labute approximate surface area is 142 Å². The summed E-state index contributed by atoms with van der Waals surface area (Å²) in [6.07, 6.45) is 12.1. The molecule has 3 fully saturated rings. The summed E-state index contributed by atoms with van der Waals surface area (Å²) >= 11 is 0. The highest BCUT2D eigenvalue weighted by Gasteiger charge is 2.21. The van der Waals surface area contributed by atoms with E-state index in [0.717, 1.165) is 32.0 Å². The summed E-state index contributed by atoms with van der Waals surface area (Å²) in [5.41, 5.74) is 0. The van der Waals surface area contributed by atoms with Crippen LogP contribution in [0.2, 0.25) is 0 Å². The molecule has 134 valence electrons. The van der Waals surface area contributed by atoms with Crippen LogP contribution in [0.1, 0.15) is 57.8 Å². The summed E-state index contributed by atoms with van der Waals surface area (Å²) in [5, 5.41) is 0. The Balaban J connectivity index is 1.21. The van der Waals surface area contributed by atoms with Crippen molar-refractivity contribution >= 4 is 0 Å². The van der Waals surface area contributed by atoms with Gasteiger partial charge in [0, 0.05) is 45.9 Å². The van der Waals surface area contributed by atoms with Gasteiger partial charge in [0.25, 0.3) is 0 Å². The quantitative estimate of drug-likeness (QED) is 0.672. The van der Waals surface area contributed by atoms with Crippen LogP contribution in [0.3, 0.4) is 0 Å². The number of rotatable bonds is 7. The Morgan fingerprint density at radius 3 is 2.30 bits per heavy atom. The molecular weight excluding hydrogens is 288 g/mol.